The van der Waals surface area contributed by atoms with Crippen molar-refractivity contribution in [2.75, 3.05) is 32.8 Å². The highest BCUT2D eigenvalue weighted by atomic mass is 16.6. The van der Waals surface area contributed by atoms with E-state index >= 15 is 0 Å². The van der Waals surface area contributed by atoms with Crippen LogP contribution in [0.25, 0.3) is 0 Å². The summed E-state index contributed by atoms with van der Waals surface area (Å²) in [4.78, 5) is 64.4. The Morgan fingerprint density at radius 2 is 1.43 bits per heavy atom. The largest absolute Gasteiger partial charge is 0.465 e. The average molecular weight is 783 g/mol. The summed E-state index contributed by atoms with van der Waals surface area (Å²) in [6, 6.07) is 0. The average Bonchev–Trinajstić information content (AvgIpc) is 3.52. The zero-order valence-corrected chi connectivity index (χ0v) is 36.3. The molecule has 5 saturated carbocycles. The van der Waals surface area contributed by atoms with Gasteiger partial charge in [-0.05, 0) is 130 Å². The molecule has 0 bridgehead atoms. The van der Waals surface area contributed by atoms with Crippen molar-refractivity contribution in [3.8, 4) is 0 Å². The van der Waals surface area contributed by atoms with Gasteiger partial charge in [0.25, 0.3) is 0 Å². The number of unbranched alkanes of at least 4 members (excludes halogenated alkanes) is 3. The molecule has 2 amide bonds. The van der Waals surface area contributed by atoms with E-state index in [9.17, 15) is 24.0 Å². The van der Waals surface area contributed by atoms with Gasteiger partial charge in [-0.15, -0.1) is 0 Å². The zero-order chi connectivity index (χ0) is 41.3. The minimum absolute atomic E-state index is 0.00745. The topological polar surface area (TPSA) is 128 Å². The van der Waals surface area contributed by atoms with Gasteiger partial charge in [0.2, 0.25) is 11.8 Å². The SMILES string of the molecule is C=C(C)[C@@H]1CC[C@]2(C(=O)OCCN(CCCCCCNC(C)=O)C(C)=O)CC[C@]3(C)[C@H](CC[C@@H]4[C@@]5(C)CC[C@H](OC(C)=O)[C@@](C)(COC(C)=O)[C@@H]5CC[C@]43C)[C@@H]12. The molecule has 56 heavy (non-hydrogen) atoms. The molecular weight excluding hydrogens is 709 g/mol. The van der Waals surface area contributed by atoms with E-state index in [1.165, 1.54) is 26.3 Å². The van der Waals surface area contributed by atoms with Gasteiger partial charge in [0, 0.05) is 46.2 Å². The molecule has 5 aliphatic carbocycles. The summed E-state index contributed by atoms with van der Waals surface area (Å²) in [5, 5.41) is 2.83. The van der Waals surface area contributed by atoms with Crippen LogP contribution in [0.4, 0.5) is 0 Å². The van der Waals surface area contributed by atoms with Crippen LogP contribution in [0.2, 0.25) is 0 Å². The number of nitrogens with zero attached hydrogens (tertiary/aromatic N) is 1. The number of ether oxygens (including phenoxy) is 3. The first kappa shape index (κ1) is 44.2. The van der Waals surface area contributed by atoms with E-state index in [1.807, 2.05) is 0 Å². The van der Waals surface area contributed by atoms with Gasteiger partial charge in [-0.1, -0.05) is 52.7 Å². The number of hydrogen-bond donors (Lipinski definition) is 1. The Hall–Kier alpha value is -2.91. The first-order chi connectivity index (χ1) is 26.3. The summed E-state index contributed by atoms with van der Waals surface area (Å²) in [6.07, 6.45) is 12.9. The smallest absolute Gasteiger partial charge is 0.312 e. The van der Waals surface area contributed by atoms with Crippen molar-refractivity contribution >= 4 is 29.7 Å². The molecule has 10 heteroatoms. The van der Waals surface area contributed by atoms with Gasteiger partial charge in [0.1, 0.15) is 19.3 Å². The van der Waals surface area contributed by atoms with E-state index < -0.39 is 10.8 Å². The van der Waals surface area contributed by atoms with Crippen LogP contribution in [-0.4, -0.2) is 73.6 Å². The van der Waals surface area contributed by atoms with E-state index in [2.05, 4.69) is 46.5 Å². The maximum Gasteiger partial charge on any atom is 0.312 e. The summed E-state index contributed by atoms with van der Waals surface area (Å²) >= 11 is 0. The minimum Gasteiger partial charge on any atom is -0.465 e. The lowest BCUT2D eigenvalue weighted by Crippen LogP contribution is -2.68. The molecule has 0 unspecified atom stereocenters. The molecule has 5 aliphatic rings. The Morgan fingerprint density at radius 1 is 0.714 bits per heavy atom. The minimum atomic E-state index is -0.544. The van der Waals surface area contributed by atoms with Crippen LogP contribution in [0, 0.1) is 56.7 Å². The van der Waals surface area contributed by atoms with Crippen molar-refractivity contribution in [1.82, 2.24) is 10.2 Å². The Bertz CT molecular complexity index is 1510. The van der Waals surface area contributed by atoms with E-state index in [4.69, 9.17) is 14.2 Å². The van der Waals surface area contributed by atoms with Gasteiger partial charge < -0.3 is 24.4 Å². The Kier molecular flexibility index (Phi) is 13.5. The van der Waals surface area contributed by atoms with Gasteiger partial charge >= 0.3 is 17.9 Å². The standard InChI is InChI=1S/C46H74N2O8/c1-30(2)35-17-22-46(41(53)54-28-27-48(32(4)50)26-14-12-11-13-25-47-31(3)49)24-23-44(9)36(40(35)46)15-16-38-42(7)20-19-39(56-34(6)52)43(8,29-55-33(5)51)37(42)18-21-45(38,44)10/h35-40H,1,11-29H2,2-10H3,(H,47,49)/t35-,36+,37+,38+,39-,40+,42-,43-,44+,45+,46-/m0/s1. The maximum absolute atomic E-state index is 14.5. The Labute approximate surface area is 337 Å². The molecule has 0 radical (unpaired) electrons. The molecule has 0 saturated heterocycles. The van der Waals surface area contributed by atoms with E-state index in [0.717, 1.165) is 89.9 Å². The molecule has 316 valence electrons. The number of fused-ring (bicyclic) bond motifs is 7. The third-order valence-corrected chi connectivity index (χ3v) is 16.9. The molecule has 5 fully saturated rings. The number of rotatable bonds is 15. The van der Waals surface area contributed by atoms with Gasteiger partial charge in [-0.2, -0.15) is 0 Å². The summed E-state index contributed by atoms with van der Waals surface area (Å²) in [7, 11) is 0. The first-order valence-corrected chi connectivity index (χ1v) is 21.9. The highest BCUT2D eigenvalue weighted by Crippen LogP contribution is 2.77. The predicted molar refractivity (Wildman–Crippen MR) is 216 cm³/mol. The maximum atomic E-state index is 14.5. The monoisotopic (exact) mass is 783 g/mol. The summed E-state index contributed by atoms with van der Waals surface area (Å²) in [5.74, 6) is 0.796. The molecule has 10 nitrogen and oxygen atoms in total. The summed E-state index contributed by atoms with van der Waals surface area (Å²) in [5.41, 5.74) is 0.195. The van der Waals surface area contributed by atoms with Crippen molar-refractivity contribution in [3.63, 3.8) is 0 Å². The molecule has 0 spiro atoms. The molecule has 0 heterocycles. The fourth-order valence-corrected chi connectivity index (χ4v) is 14.0. The number of allylic oxidation sites excluding steroid dienone is 1. The van der Waals surface area contributed by atoms with Crippen LogP contribution in [0.3, 0.4) is 0 Å². The van der Waals surface area contributed by atoms with Crippen LogP contribution in [0.5, 0.6) is 0 Å². The number of carbonyl (C=O) groups is 5. The Balaban J connectivity index is 1.32. The van der Waals surface area contributed by atoms with Crippen LogP contribution in [0.15, 0.2) is 12.2 Å². The van der Waals surface area contributed by atoms with Crippen molar-refractivity contribution in [2.45, 2.75) is 158 Å². The quantitative estimate of drug-likeness (QED) is 0.0763. The number of esters is 3. The van der Waals surface area contributed by atoms with E-state index in [1.54, 1.807) is 11.8 Å². The number of hydrogen-bond acceptors (Lipinski definition) is 8. The van der Waals surface area contributed by atoms with E-state index in [-0.39, 0.29) is 83.0 Å². The summed E-state index contributed by atoms with van der Waals surface area (Å²) < 4.78 is 18.0. The van der Waals surface area contributed by atoms with E-state index in [0.29, 0.717) is 31.5 Å². The number of nitrogens with one attached hydrogen (secondary N) is 1. The van der Waals surface area contributed by atoms with Crippen molar-refractivity contribution in [3.05, 3.63) is 12.2 Å². The van der Waals surface area contributed by atoms with Crippen LogP contribution >= 0.6 is 0 Å². The van der Waals surface area contributed by atoms with Gasteiger partial charge in [0.05, 0.1) is 12.0 Å². The molecule has 0 aliphatic heterocycles. The fraction of sp³-hybridized carbons (Fsp3) is 0.848. The van der Waals surface area contributed by atoms with Crippen LogP contribution < -0.4 is 5.32 Å². The van der Waals surface area contributed by atoms with Crippen LogP contribution in [-0.2, 0) is 38.2 Å². The number of carbonyl (C=O) groups excluding carboxylic acids is 5. The molecule has 0 aromatic carbocycles. The lowest BCUT2D eigenvalue weighted by Gasteiger charge is -2.72. The van der Waals surface area contributed by atoms with Gasteiger partial charge in [-0.3, -0.25) is 24.0 Å². The highest BCUT2D eigenvalue weighted by molar-refractivity contribution is 5.78. The van der Waals surface area contributed by atoms with Crippen molar-refractivity contribution < 1.29 is 38.2 Å². The Morgan fingerprint density at radius 3 is 2.07 bits per heavy atom. The number of amides is 2. The first-order valence-electron chi connectivity index (χ1n) is 21.9. The third kappa shape index (κ3) is 8.06. The third-order valence-electron chi connectivity index (χ3n) is 16.9. The molecular formula is C46H74N2O8. The van der Waals surface area contributed by atoms with Crippen molar-refractivity contribution in [2.24, 2.45) is 56.7 Å². The van der Waals surface area contributed by atoms with Crippen molar-refractivity contribution in [1.29, 1.82) is 0 Å². The lowest BCUT2D eigenvalue weighted by atomic mass is 9.32. The predicted octanol–water partition coefficient (Wildman–Crippen LogP) is 8.21. The molecule has 0 aromatic rings. The second-order valence-electron chi connectivity index (χ2n) is 19.8. The molecule has 0 aromatic heterocycles. The second-order valence-corrected chi connectivity index (χ2v) is 19.8. The molecule has 1 N–H and O–H groups in total. The summed E-state index contributed by atoms with van der Waals surface area (Å²) in [6.45, 7) is 24.6. The highest BCUT2D eigenvalue weighted by Gasteiger charge is 2.72. The molecule has 5 rings (SSSR count). The van der Waals surface area contributed by atoms with Crippen LogP contribution in [0.1, 0.15) is 152 Å². The fourth-order valence-electron chi connectivity index (χ4n) is 14.0. The van der Waals surface area contributed by atoms with Gasteiger partial charge in [-0.25, -0.2) is 0 Å². The normalized spacial score (nSPS) is 38.4. The lowest BCUT2D eigenvalue weighted by molar-refractivity contribution is -0.257. The molecule has 11 atom stereocenters. The zero-order valence-electron chi connectivity index (χ0n) is 36.3. The second kappa shape index (κ2) is 17.1. The van der Waals surface area contributed by atoms with Gasteiger partial charge in [0.15, 0.2) is 0 Å².